The van der Waals surface area contributed by atoms with E-state index in [1.807, 2.05) is 30.1 Å². The number of hydrogen-bond donors (Lipinski definition) is 0. The summed E-state index contributed by atoms with van der Waals surface area (Å²) < 4.78 is 0. The Balaban J connectivity index is 2.86. The lowest BCUT2D eigenvalue weighted by molar-refractivity contribution is 2.00. The van der Waals surface area contributed by atoms with Gasteiger partial charge in [0.1, 0.15) is 0 Å². The van der Waals surface area contributed by atoms with Crippen LogP contribution in [0.5, 0.6) is 0 Å². The monoisotopic (exact) mass is 108 g/mol. The van der Waals surface area contributed by atoms with E-state index in [4.69, 9.17) is 0 Å². The molecule has 1 aliphatic rings. The van der Waals surface area contributed by atoms with Crippen LogP contribution in [-0.2, 0) is 0 Å². The van der Waals surface area contributed by atoms with Gasteiger partial charge >= 0.3 is 0 Å². The summed E-state index contributed by atoms with van der Waals surface area (Å²) in [7, 11) is 1.16. The van der Waals surface area contributed by atoms with Gasteiger partial charge in [0, 0.05) is 0 Å². The van der Waals surface area contributed by atoms with Crippen molar-refractivity contribution in [1.82, 2.24) is 0 Å². The van der Waals surface area contributed by atoms with Crippen LogP contribution in [0.2, 0.25) is 0 Å². The van der Waals surface area contributed by atoms with Crippen molar-refractivity contribution < 1.29 is 0 Å². The minimum Gasteiger partial charge on any atom is -0.0892 e. The SMILES string of the molecule is C1=CC=CC=CP=1. The van der Waals surface area contributed by atoms with Crippen molar-refractivity contribution in [2.24, 2.45) is 0 Å². The van der Waals surface area contributed by atoms with Gasteiger partial charge in [-0.2, -0.15) is 0 Å². The zero-order valence-electron chi connectivity index (χ0n) is 3.83. The molecule has 0 spiro atoms. The maximum atomic E-state index is 3.02. The number of rotatable bonds is 0. The lowest BCUT2D eigenvalue weighted by Gasteiger charge is -1.60. The summed E-state index contributed by atoms with van der Waals surface area (Å²) in [5, 5.41) is 0. The second-order valence-electron chi connectivity index (χ2n) is 1.15. The molecule has 0 saturated heterocycles. The molecule has 1 heterocycles. The molecule has 1 heteroatoms. The molecule has 0 atom stereocenters. The zero-order chi connectivity index (χ0) is 4.95. The van der Waals surface area contributed by atoms with E-state index in [9.17, 15) is 0 Å². The van der Waals surface area contributed by atoms with E-state index < -0.39 is 0 Å². The van der Waals surface area contributed by atoms with Crippen LogP contribution < -0.4 is 0 Å². The van der Waals surface area contributed by atoms with Crippen LogP contribution in [0.15, 0.2) is 30.1 Å². The van der Waals surface area contributed by atoms with Crippen LogP contribution in [0, 0.1) is 0 Å². The molecule has 7 heavy (non-hydrogen) atoms. The fourth-order valence-electron chi connectivity index (χ4n) is 0.342. The standard InChI is InChI=1S/C6H5P/c1-2-4-6-7-5-3-1/h1-5H. The van der Waals surface area contributed by atoms with Gasteiger partial charge in [-0.25, -0.2) is 0 Å². The normalized spacial score (nSPS) is 17.1. The summed E-state index contributed by atoms with van der Waals surface area (Å²) in [5.41, 5.74) is 3.02. The first-order valence-corrected chi connectivity index (χ1v) is 3.07. The molecule has 1 rings (SSSR count). The van der Waals surface area contributed by atoms with Crippen molar-refractivity contribution in [2.45, 2.75) is 0 Å². The predicted octanol–water partition coefficient (Wildman–Crippen LogP) is 1.97. The van der Waals surface area contributed by atoms with Crippen LogP contribution >= 0.6 is 8.20 Å². The molecule has 0 radical (unpaired) electrons. The predicted molar refractivity (Wildman–Crippen MR) is 34.8 cm³/mol. The third kappa shape index (κ3) is 1.55. The Morgan fingerprint density at radius 2 is 2.14 bits per heavy atom. The molecule has 0 saturated carbocycles. The molecule has 0 aromatic rings. The van der Waals surface area contributed by atoms with Crippen molar-refractivity contribution in [3.8, 4) is 0 Å². The Hall–Kier alpha value is -0.570. The molecule has 0 nitrogen and oxygen atoms in total. The highest BCUT2D eigenvalue weighted by molar-refractivity contribution is 7.41. The minimum absolute atomic E-state index is 1.16. The molecule has 0 unspecified atom stereocenters. The summed E-state index contributed by atoms with van der Waals surface area (Å²) >= 11 is 0. The summed E-state index contributed by atoms with van der Waals surface area (Å²) in [6.07, 6.45) is 7.89. The average Bonchev–Trinajstić information content (AvgIpc) is 1.90. The second kappa shape index (κ2) is 2.58. The molecule has 0 amide bonds. The first-order chi connectivity index (χ1) is 3.50. The highest BCUT2D eigenvalue weighted by Gasteiger charge is 1.63. The first-order valence-electron chi connectivity index (χ1n) is 2.10. The van der Waals surface area contributed by atoms with E-state index in [0.29, 0.717) is 0 Å². The van der Waals surface area contributed by atoms with Gasteiger partial charge in [-0.05, 0) is 20.1 Å². The molecule has 0 fully saturated rings. The Kier molecular flexibility index (Phi) is 1.69. The largest absolute Gasteiger partial charge is 0.0892 e. The van der Waals surface area contributed by atoms with Gasteiger partial charge < -0.3 is 0 Å². The molecule has 0 N–H and O–H groups in total. The topological polar surface area (TPSA) is 0 Å². The highest BCUT2D eigenvalue weighted by Crippen LogP contribution is 1.96. The molecule has 0 aromatic carbocycles. The number of allylic oxidation sites excluding steroid dienone is 4. The van der Waals surface area contributed by atoms with Gasteiger partial charge in [-0.1, -0.05) is 23.7 Å². The summed E-state index contributed by atoms with van der Waals surface area (Å²) in [6, 6.07) is 0. The molecular formula is C6H5P. The van der Waals surface area contributed by atoms with Gasteiger partial charge in [-0.3, -0.25) is 0 Å². The van der Waals surface area contributed by atoms with Crippen LogP contribution in [0.4, 0.5) is 0 Å². The van der Waals surface area contributed by atoms with Gasteiger partial charge in [-0.15, -0.1) is 0 Å². The van der Waals surface area contributed by atoms with E-state index >= 15 is 0 Å². The maximum absolute atomic E-state index is 3.02. The first kappa shape index (κ1) is 4.59. The minimum atomic E-state index is 1.16. The smallest absolute Gasteiger partial charge is 0.0152 e. The third-order valence-corrected chi connectivity index (χ3v) is 1.25. The summed E-state index contributed by atoms with van der Waals surface area (Å²) in [6.45, 7) is 0. The van der Waals surface area contributed by atoms with E-state index in [0.717, 1.165) is 8.20 Å². The Bertz CT molecular complexity index is 141. The van der Waals surface area contributed by atoms with Crippen LogP contribution in [0.1, 0.15) is 0 Å². The van der Waals surface area contributed by atoms with Crippen molar-refractivity contribution in [3.05, 3.63) is 30.1 Å². The molecule has 0 bridgehead atoms. The van der Waals surface area contributed by atoms with Crippen LogP contribution in [0.3, 0.4) is 0 Å². The van der Waals surface area contributed by atoms with Crippen molar-refractivity contribution in [2.75, 3.05) is 0 Å². The summed E-state index contributed by atoms with van der Waals surface area (Å²) in [5.74, 6) is 2.04. The zero-order valence-corrected chi connectivity index (χ0v) is 4.73. The van der Waals surface area contributed by atoms with Crippen molar-refractivity contribution in [3.63, 3.8) is 0 Å². The highest BCUT2D eigenvalue weighted by atomic mass is 31.1. The van der Waals surface area contributed by atoms with E-state index in [1.54, 1.807) is 0 Å². The van der Waals surface area contributed by atoms with E-state index in [1.165, 1.54) is 0 Å². The molecule has 0 aliphatic carbocycles. The van der Waals surface area contributed by atoms with E-state index in [2.05, 4.69) is 5.45 Å². The molecule has 1 aliphatic heterocycles. The van der Waals surface area contributed by atoms with Crippen LogP contribution in [-0.4, -0.2) is 5.45 Å². The Morgan fingerprint density at radius 1 is 1.14 bits per heavy atom. The summed E-state index contributed by atoms with van der Waals surface area (Å²) in [4.78, 5) is 0. The molecule has 0 aromatic heterocycles. The van der Waals surface area contributed by atoms with Gasteiger partial charge in [0.15, 0.2) is 0 Å². The lowest BCUT2D eigenvalue weighted by atomic mass is 10.5. The van der Waals surface area contributed by atoms with Crippen molar-refractivity contribution >= 4 is 13.7 Å². The number of hydrogen-bond acceptors (Lipinski definition) is 0. The van der Waals surface area contributed by atoms with Gasteiger partial charge in [0.05, 0.1) is 0 Å². The average molecular weight is 108 g/mol. The van der Waals surface area contributed by atoms with E-state index in [-0.39, 0.29) is 0 Å². The maximum Gasteiger partial charge on any atom is -0.0152 e. The van der Waals surface area contributed by atoms with Crippen LogP contribution in [0.25, 0.3) is 0 Å². The molecule has 34 valence electrons. The fraction of sp³-hybridized carbons (Fsp3) is 0. The Labute approximate surface area is 44.7 Å². The van der Waals surface area contributed by atoms with Crippen molar-refractivity contribution in [1.29, 1.82) is 0 Å². The molecular weight excluding hydrogens is 103 g/mol. The quantitative estimate of drug-likeness (QED) is 0.416. The Morgan fingerprint density at radius 3 is 3.14 bits per heavy atom. The van der Waals surface area contributed by atoms with Gasteiger partial charge in [0.25, 0.3) is 0 Å². The third-order valence-electron chi connectivity index (χ3n) is 0.628. The lowest BCUT2D eigenvalue weighted by Crippen LogP contribution is -1.41. The van der Waals surface area contributed by atoms with Gasteiger partial charge in [0.2, 0.25) is 0 Å². The fourth-order valence-corrected chi connectivity index (χ4v) is 0.785. The second-order valence-corrected chi connectivity index (χ2v) is 1.97.